The van der Waals surface area contributed by atoms with Gasteiger partial charge in [0.05, 0.1) is 25.8 Å². The molecule has 1 atom stereocenters. The van der Waals surface area contributed by atoms with Gasteiger partial charge in [0.1, 0.15) is 11.5 Å². The maximum atomic E-state index is 13.1. The van der Waals surface area contributed by atoms with E-state index in [1.165, 1.54) is 11.1 Å². The van der Waals surface area contributed by atoms with Crippen molar-refractivity contribution < 1.29 is 14.3 Å². The lowest BCUT2D eigenvalue weighted by molar-refractivity contribution is -0.133. The minimum Gasteiger partial charge on any atom is -0.496 e. The van der Waals surface area contributed by atoms with Gasteiger partial charge in [0.15, 0.2) is 0 Å². The zero-order valence-corrected chi connectivity index (χ0v) is 18.2. The third-order valence-corrected chi connectivity index (χ3v) is 6.03. The van der Waals surface area contributed by atoms with Gasteiger partial charge in [-0.3, -0.25) is 4.79 Å². The third-order valence-electron chi connectivity index (χ3n) is 6.03. The monoisotopic (exact) mass is 415 g/mol. The van der Waals surface area contributed by atoms with Crippen LogP contribution in [0, 0.1) is 0 Å². The molecule has 1 amide bonds. The molecule has 0 spiro atoms. The number of hydrogen-bond donors (Lipinski definition) is 0. The molecule has 0 aliphatic carbocycles. The van der Waals surface area contributed by atoms with Gasteiger partial charge in [0.2, 0.25) is 5.91 Å². The molecule has 4 heteroatoms. The molecule has 160 valence electrons. The molecule has 0 saturated carbocycles. The standard InChI is InChI=1S/C27H29NO3/c1-30-24-12-8-13-25(31-2)27(24)23-11-6-7-14-26(29)28(23)19-20-15-17-22(18-16-20)21-9-4-3-5-10-21/h3-5,8-10,12-13,15-18,23H,6-7,11,14,19H2,1-2H3. The molecule has 3 aromatic carbocycles. The zero-order valence-electron chi connectivity index (χ0n) is 18.2. The molecule has 1 aliphatic heterocycles. The summed E-state index contributed by atoms with van der Waals surface area (Å²) in [6.45, 7) is 0.569. The van der Waals surface area contributed by atoms with Crippen LogP contribution >= 0.6 is 0 Å². The molecule has 0 bridgehead atoms. The van der Waals surface area contributed by atoms with Crippen LogP contribution in [0.15, 0.2) is 72.8 Å². The van der Waals surface area contributed by atoms with Gasteiger partial charge in [0, 0.05) is 13.0 Å². The van der Waals surface area contributed by atoms with E-state index in [9.17, 15) is 4.79 Å². The average molecular weight is 416 g/mol. The number of benzene rings is 3. The molecule has 1 aliphatic rings. The Balaban J connectivity index is 1.66. The van der Waals surface area contributed by atoms with E-state index in [4.69, 9.17) is 9.47 Å². The van der Waals surface area contributed by atoms with Gasteiger partial charge in [-0.15, -0.1) is 0 Å². The molecule has 1 unspecified atom stereocenters. The minimum atomic E-state index is -0.0742. The van der Waals surface area contributed by atoms with Crippen molar-refractivity contribution in [3.05, 3.63) is 83.9 Å². The summed E-state index contributed by atoms with van der Waals surface area (Å²) in [6, 6.07) is 24.6. The normalized spacial score (nSPS) is 16.6. The molecular formula is C27H29NO3. The van der Waals surface area contributed by atoms with Gasteiger partial charge in [-0.25, -0.2) is 0 Å². The highest BCUT2D eigenvalue weighted by atomic mass is 16.5. The van der Waals surface area contributed by atoms with Crippen LogP contribution in [0.1, 0.15) is 42.9 Å². The van der Waals surface area contributed by atoms with Gasteiger partial charge >= 0.3 is 0 Å². The molecule has 0 N–H and O–H groups in total. The van der Waals surface area contributed by atoms with Gasteiger partial charge in [-0.2, -0.15) is 0 Å². The van der Waals surface area contributed by atoms with Gasteiger partial charge in [-0.1, -0.05) is 67.1 Å². The molecule has 31 heavy (non-hydrogen) atoms. The zero-order chi connectivity index (χ0) is 21.6. The summed E-state index contributed by atoms with van der Waals surface area (Å²) in [5, 5.41) is 0. The Morgan fingerprint density at radius 3 is 2.10 bits per heavy atom. The number of carbonyl (C=O) groups excluding carboxylic acids is 1. The van der Waals surface area contributed by atoms with E-state index in [0.29, 0.717) is 13.0 Å². The first-order chi connectivity index (χ1) is 15.2. The first-order valence-electron chi connectivity index (χ1n) is 10.9. The Bertz CT molecular complexity index is 992. The molecule has 3 aromatic rings. The van der Waals surface area contributed by atoms with Crippen molar-refractivity contribution >= 4 is 5.91 Å². The number of ether oxygens (including phenoxy) is 2. The third kappa shape index (κ3) is 4.58. The number of carbonyl (C=O) groups is 1. The van der Waals surface area contributed by atoms with Crippen LogP contribution in [0.4, 0.5) is 0 Å². The summed E-state index contributed by atoms with van der Waals surface area (Å²) in [4.78, 5) is 15.1. The van der Waals surface area contributed by atoms with Crippen molar-refractivity contribution in [2.75, 3.05) is 14.2 Å². The van der Waals surface area contributed by atoms with Crippen LogP contribution in [0.3, 0.4) is 0 Å². The Hall–Kier alpha value is -3.27. The molecule has 4 nitrogen and oxygen atoms in total. The van der Waals surface area contributed by atoms with E-state index in [-0.39, 0.29) is 11.9 Å². The molecule has 4 rings (SSSR count). The Labute approximate surface area is 184 Å². The van der Waals surface area contributed by atoms with E-state index in [1.807, 2.05) is 41.3 Å². The Kier molecular flexibility index (Phi) is 6.56. The summed E-state index contributed by atoms with van der Waals surface area (Å²) in [5.41, 5.74) is 4.45. The molecule has 1 heterocycles. The van der Waals surface area contributed by atoms with Crippen LogP contribution < -0.4 is 9.47 Å². The fourth-order valence-corrected chi connectivity index (χ4v) is 4.42. The van der Waals surface area contributed by atoms with Crippen LogP contribution in [-0.2, 0) is 11.3 Å². The van der Waals surface area contributed by atoms with Gasteiger partial charge < -0.3 is 14.4 Å². The number of amides is 1. The second kappa shape index (κ2) is 9.69. The molecule has 1 saturated heterocycles. The summed E-state index contributed by atoms with van der Waals surface area (Å²) in [5.74, 6) is 1.72. The average Bonchev–Trinajstić information content (AvgIpc) is 3.00. The van der Waals surface area contributed by atoms with E-state index in [0.717, 1.165) is 41.9 Å². The van der Waals surface area contributed by atoms with Crippen molar-refractivity contribution in [1.82, 2.24) is 4.90 Å². The number of nitrogens with zero attached hydrogens (tertiary/aromatic N) is 1. The van der Waals surface area contributed by atoms with Crippen molar-refractivity contribution in [3.8, 4) is 22.6 Å². The van der Waals surface area contributed by atoms with E-state index in [1.54, 1.807) is 14.2 Å². The Morgan fingerprint density at radius 1 is 0.806 bits per heavy atom. The highest BCUT2D eigenvalue weighted by Gasteiger charge is 2.31. The highest BCUT2D eigenvalue weighted by Crippen LogP contribution is 2.42. The van der Waals surface area contributed by atoms with Crippen molar-refractivity contribution in [3.63, 3.8) is 0 Å². The second-order valence-electron chi connectivity index (χ2n) is 7.92. The SMILES string of the molecule is COc1cccc(OC)c1C1CCCCC(=O)N1Cc1ccc(-c2ccccc2)cc1. The van der Waals surface area contributed by atoms with Gasteiger partial charge in [0.25, 0.3) is 0 Å². The van der Waals surface area contributed by atoms with Crippen molar-refractivity contribution in [2.45, 2.75) is 38.3 Å². The quantitative estimate of drug-likeness (QED) is 0.494. The highest BCUT2D eigenvalue weighted by molar-refractivity contribution is 5.77. The van der Waals surface area contributed by atoms with Crippen LogP contribution in [0.2, 0.25) is 0 Å². The van der Waals surface area contributed by atoms with E-state index in [2.05, 4.69) is 36.4 Å². The molecule has 0 aromatic heterocycles. The fourth-order valence-electron chi connectivity index (χ4n) is 4.42. The Morgan fingerprint density at radius 2 is 1.45 bits per heavy atom. The largest absolute Gasteiger partial charge is 0.496 e. The molecule has 0 radical (unpaired) electrons. The smallest absolute Gasteiger partial charge is 0.223 e. The first kappa shape index (κ1) is 21.0. The summed E-state index contributed by atoms with van der Waals surface area (Å²) in [6.07, 6.45) is 3.39. The lowest BCUT2D eigenvalue weighted by Crippen LogP contribution is -2.33. The van der Waals surface area contributed by atoms with Gasteiger partial charge in [-0.05, 0) is 41.7 Å². The number of hydrogen-bond acceptors (Lipinski definition) is 3. The van der Waals surface area contributed by atoms with Crippen LogP contribution in [0.25, 0.3) is 11.1 Å². The maximum Gasteiger partial charge on any atom is 0.223 e. The van der Waals surface area contributed by atoms with E-state index < -0.39 is 0 Å². The minimum absolute atomic E-state index is 0.0742. The predicted molar refractivity (Wildman–Crippen MR) is 123 cm³/mol. The lowest BCUT2D eigenvalue weighted by atomic mass is 9.97. The molecular weight excluding hydrogens is 386 g/mol. The van der Waals surface area contributed by atoms with Crippen LogP contribution in [0.5, 0.6) is 11.5 Å². The summed E-state index contributed by atoms with van der Waals surface area (Å²) >= 11 is 0. The molecule has 1 fully saturated rings. The number of methoxy groups -OCH3 is 2. The van der Waals surface area contributed by atoms with Crippen molar-refractivity contribution in [2.24, 2.45) is 0 Å². The second-order valence-corrected chi connectivity index (χ2v) is 7.92. The maximum absolute atomic E-state index is 13.1. The van der Waals surface area contributed by atoms with Crippen molar-refractivity contribution in [1.29, 1.82) is 0 Å². The summed E-state index contributed by atoms with van der Waals surface area (Å²) < 4.78 is 11.3. The summed E-state index contributed by atoms with van der Waals surface area (Å²) in [7, 11) is 3.34. The first-order valence-corrected chi connectivity index (χ1v) is 10.9. The number of rotatable bonds is 6. The van der Waals surface area contributed by atoms with Crippen LogP contribution in [-0.4, -0.2) is 25.0 Å². The predicted octanol–water partition coefficient (Wildman–Crippen LogP) is 6.01. The van der Waals surface area contributed by atoms with E-state index >= 15 is 0 Å². The topological polar surface area (TPSA) is 38.8 Å². The fraction of sp³-hybridized carbons (Fsp3) is 0.296. The number of likely N-dealkylation sites (tertiary alicyclic amines) is 1. The lowest BCUT2D eigenvalue weighted by Gasteiger charge is -2.32.